The number of rotatable bonds is 1. The summed E-state index contributed by atoms with van der Waals surface area (Å²) < 4.78 is 8.34. The molecule has 34 heavy (non-hydrogen) atoms. The molecule has 4 atom stereocenters. The van der Waals surface area contributed by atoms with Crippen molar-refractivity contribution >= 4 is 55.4 Å². The third-order valence-corrected chi connectivity index (χ3v) is 7.34. The minimum absolute atomic E-state index is 0.388. The number of aromatic amines is 1. The van der Waals surface area contributed by atoms with Crippen LogP contribution < -0.4 is 11.1 Å². The van der Waals surface area contributed by atoms with Gasteiger partial charge in [-0.15, -0.1) is 0 Å². The SMILES string of the molecule is CC1OC(n2c3ccccc3c3c4c(c5c6ccccc6[nH]c5c32)C(=O)NC4=O)CC(N)C1O. The van der Waals surface area contributed by atoms with Gasteiger partial charge in [0.2, 0.25) is 0 Å². The van der Waals surface area contributed by atoms with Gasteiger partial charge in [-0.1, -0.05) is 36.4 Å². The van der Waals surface area contributed by atoms with E-state index in [1.807, 2.05) is 55.5 Å². The smallest absolute Gasteiger partial charge is 0.259 e. The van der Waals surface area contributed by atoms with Crippen molar-refractivity contribution in [2.75, 3.05) is 0 Å². The third kappa shape index (κ3) is 2.37. The molecule has 170 valence electrons. The Morgan fingerprint density at radius 3 is 2.44 bits per heavy atom. The number of nitrogens with zero attached hydrogens (tertiary/aromatic N) is 1. The number of hydrogen-bond donors (Lipinski definition) is 4. The summed E-state index contributed by atoms with van der Waals surface area (Å²) in [6, 6.07) is 15.1. The van der Waals surface area contributed by atoms with E-state index in [9.17, 15) is 14.7 Å². The number of benzene rings is 3. The van der Waals surface area contributed by atoms with Crippen molar-refractivity contribution < 1.29 is 19.4 Å². The number of nitrogens with one attached hydrogen (secondary N) is 2. The summed E-state index contributed by atoms with van der Waals surface area (Å²) in [7, 11) is 0. The standard InChI is InChI=1S/C26H22N4O4/c1-11-24(31)14(27)10-17(34-11)30-16-9-5-3-7-13(16)19-21-20(25(32)29-26(21)33)18-12-6-2-4-8-15(12)28-22(18)23(19)30/h2-9,11,14,17,24,28,31H,10,27H2,1H3,(H,29,32,33). The summed E-state index contributed by atoms with van der Waals surface area (Å²) in [5.74, 6) is -0.786. The highest BCUT2D eigenvalue weighted by Crippen LogP contribution is 2.45. The lowest BCUT2D eigenvalue weighted by molar-refractivity contribution is -0.142. The van der Waals surface area contributed by atoms with Gasteiger partial charge in [0, 0.05) is 39.5 Å². The number of nitrogens with two attached hydrogens (primary N) is 1. The second-order valence-corrected chi connectivity index (χ2v) is 9.25. The van der Waals surface area contributed by atoms with Crippen molar-refractivity contribution in [3.63, 3.8) is 0 Å². The van der Waals surface area contributed by atoms with Crippen LogP contribution in [0.4, 0.5) is 0 Å². The summed E-state index contributed by atoms with van der Waals surface area (Å²) >= 11 is 0. The van der Waals surface area contributed by atoms with E-state index in [0.29, 0.717) is 22.9 Å². The Balaban J connectivity index is 1.72. The second-order valence-electron chi connectivity index (χ2n) is 9.25. The topological polar surface area (TPSA) is 122 Å². The van der Waals surface area contributed by atoms with E-state index in [0.717, 1.165) is 38.2 Å². The molecule has 7 rings (SSSR count). The van der Waals surface area contributed by atoms with Gasteiger partial charge in [0.25, 0.3) is 11.8 Å². The molecule has 0 saturated carbocycles. The first-order valence-electron chi connectivity index (χ1n) is 11.4. The minimum Gasteiger partial charge on any atom is -0.389 e. The fourth-order valence-corrected chi connectivity index (χ4v) is 5.84. The van der Waals surface area contributed by atoms with Gasteiger partial charge in [-0.2, -0.15) is 0 Å². The van der Waals surface area contributed by atoms with Crippen molar-refractivity contribution in [1.29, 1.82) is 0 Å². The zero-order valence-electron chi connectivity index (χ0n) is 18.3. The first-order chi connectivity index (χ1) is 16.5. The molecule has 0 radical (unpaired) electrons. The van der Waals surface area contributed by atoms with Gasteiger partial charge in [0.1, 0.15) is 6.23 Å². The van der Waals surface area contributed by atoms with Crippen molar-refractivity contribution in [3.8, 4) is 0 Å². The number of amides is 2. The molecule has 1 fully saturated rings. The number of H-pyrrole nitrogens is 1. The lowest BCUT2D eigenvalue weighted by Crippen LogP contribution is -2.49. The molecular weight excluding hydrogens is 432 g/mol. The molecule has 5 aromatic rings. The summed E-state index contributed by atoms with van der Waals surface area (Å²) in [5.41, 5.74) is 10.4. The van der Waals surface area contributed by atoms with Gasteiger partial charge < -0.3 is 25.1 Å². The molecule has 2 aliphatic heterocycles. The van der Waals surface area contributed by atoms with Gasteiger partial charge in [0.05, 0.1) is 39.9 Å². The van der Waals surface area contributed by atoms with Crippen LogP contribution in [0.15, 0.2) is 48.5 Å². The Bertz CT molecular complexity index is 1690. The first-order valence-corrected chi connectivity index (χ1v) is 11.4. The van der Waals surface area contributed by atoms with E-state index < -0.39 is 30.4 Å². The van der Waals surface area contributed by atoms with E-state index in [1.54, 1.807) is 0 Å². The number of fused-ring (bicyclic) bond motifs is 10. The van der Waals surface area contributed by atoms with Crippen molar-refractivity contribution in [2.45, 2.75) is 37.8 Å². The Morgan fingerprint density at radius 1 is 1.00 bits per heavy atom. The average Bonchev–Trinajstić information content (AvgIpc) is 3.46. The van der Waals surface area contributed by atoms with Gasteiger partial charge in [-0.05, 0) is 19.1 Å². The zero-order chi connectivity index (χ0) is 23.3. The van der Waals surface area contributed by atoms with Crippen LogP contribution in [-0.4, -0.2) is 44.7 Å². The van der Waals surface area contributed by atoms with E-state index in [4.69, 9.17) is 10.5 Å². The normalized spacial score (nSPS) is 25.0. The molecule has 0 aliphatic carbocycles. The highest BCUT2D eigenvalue weighted by atomic mass is 16.5. The Kier molecular flexibility index (Phi) is 3.87. The second kappa shape index (κ2) is 6.66. The molecule has 5 N–H and O–H groups in total. The molecule has 2 amide bonds. The fourth-order valence-electron chi connectivity index (χ4n) is 5.84. The molecule has 0 spiro atoms. The lowest BCUT2D eigenvalue weighted by Gasteiger charge is -2.37. The number of hydrogen-bond acceptors (Lipinski definition) is 5. The van der Waals surface area contributed by atoms with E-state index in [1.165, 1.54) is 0 Å². The molecule has 8 nitrogen and oxygen atoms in total. The molecular formula is C26H22N4O4. The molecule has 3 aromatic carbocycles. The number of carbonyl (C=O) groups excluding carboxylic acids is 2. The van der Waals surface area contributed by atoms with Gasteiger partial charge >= 0.3 is 0 Å². The highest BCUT2D eigenvalue weighted by molar-refractivity contribution is 6.39. The zero-order valence-corrected chi connectivity index (χ0v) is 18.3. The Morgan fingerprint density at radius 2 is 1.68 bits per heavy atom. The van der Waals surface area contributed by atoms with Crippen LogP contribution in [0.5, 0.6) is 0 Å². The number of aliphatic hydroxyl groups excluding tert-OH is 1. The number of para-hydroxylation sites is 2. The van der Waals surface area contributed by atoms with E-state index >= 15 is 0 Å². The number of aromatic nitrogens is 2. The molecule has 0 bridgehead atoms. The number of imide groups is 1. The van der Waals surface area contributed by atoms with Crippen LogP contribution in [0.1, 0.15) is 40.3 Å². The van der Waals surface area contributed by atoms with E-state index in [-0.39, 0.29) is 5.91 Å². The average molecular weight is 454 g/mol. The van der Waals surface area contributed by atoms with Crippen molar-refractivity contribution in [1.82, 2.24) is 14.9 Å². The summed E-state index contributed by atoms with van der Waals surface area (Å²) in [4.78, 5) is 29.7. The summed E-state index contributed by atoms with van der Waals surface area (Å²) in [6.45, 7) is 1.81. The molecule has 8 heteroatoms. The van der Waals surface area contributed by atoms with Crippen LogP contribution >= 0.6 is 0 Å². The van der Waals surface area contributed by atoms with E-state index in [2.05, 4.69) is 14.9 Å². The van der Waals surface area contributed by atoms with Crippen LogP contribution in [-0.2, 0) is 4.74 Å². The van der Waals surface area contributed by atoms with Gasteiger partial charge in [0.15, 0.2) is 0 Å². The number of carbonyl (C=O) groups is 2. The molecule has 4 heterocycles. The van der Waals surface area contributed by atoms with Crippen molar-refractivity contribution in [3.05, 3.63) is 59.7 Å². The summed E-state index contributed by atoms with van der Waals surface area (Å²) in [6.07, 6.45) is -1.26. The van der Waals surface area contributed by atoms with Crippen LogP contribution in [0.25, 0.3) is 43.6 Å². The number of aliphatic hydroxyl groups is 1. The highest BCUT2D eigenvalue weighted by Gasteiger charge is 2.39. The first kappa shape index (κ1) is 19.7. The quantitative estimate of drug-likeness (QED) is 0.290. The fraction of sp³-hybridized carbons (Fsp3) is 0.231. The maximum Gasteiger partial charge on any atom is 0.259 e. The Hall–Kier alpha value is -3.72. The molecule has 2 aliphatic rings. The van der Waals surface area contributed by atoms with Crippen LogP contribution in [0, 0.1) is 0 Å². The predicted molar refractivity (Wildman–Crippen MR) is 129 cm³/mol. The molecule has 4 unspecified atom stereocenters. The largest absolute Gasteiger partial charge is 0.389 e. The third-order valence-electron chi connectivity index (χ3n) is 7.34. The van der Waals surface area contributed by atoms with Gasteiger partial charge in [-0.25, -0.2) is 0 Å². The molecule has 2 aromatic heterocycles. The monoisotopic (exact) mass is 454 g/mol. The lowest BCUT2D eigenvalue weighted by atomic mass is 9.96. The van der Waals surface area contributed by atoms with Crippen LogP contribution in [0.2, 0.25) is 0 Å². The maximum absolute atomic E-state index is 13.1. The minimum atomic E-state index is -0.759. The Labute approximate surface area is 193 Å². The maximum atomic E-state index is 13.1. The number of ether oxygens (including phenoxy) is 1. The predicted octanol–water partition coefficient (Wildman–Crippen LogP) is 3.31. The molecule has 1 saturated heterocycles. The summed E-state index contributed by atoms with van der Waals surface area (Å²) in [5, 5.41) is 16.1. The van der Waals surface area contributed by atoms with Crippen molar-refractivity contribution in [2.24, 2.45) is 5.73 Å². The van der Waals surface area contributed by atoms with Gasteiger partial charge in [-0.3, -0.25) is 14.9 Å². The van der Waals surface area contributed by atoms with Crippen LogP contribution in [0.3, 0.4) is 0 Å².